The zero-order valence-corrected chi connectivity index (χ0v) is 16.6. The van der Waals surface area contributed by atoms with Crippen molar-refractivity contribution in [2.75, 3.05) is 0 Å². The van der Waals surface area contributed by atoms with Crippen LogP contribution >= 0.6 is 0 Å². The molecule has 0 saturated carbocycles. The second kappa shape index (κ2) is 8.68. The fourth-order valence-corrected chi connectivity index (χ4v) is 3.15. The molecule has 29 heavy (non-hydrogen) atoms. The summed E-state index contributed by atoms with van der Waals surface area (Å²) in [5.41, 5.74) is 1.93. The second-order valence-electron chi connectivity index (χ2n) is 6.84. The minimum atomic E-state index is -1.03. The molecule has 0 heterocycles. The number of carbonyl (C=O) groups excluding carboxylic acids is 2. The van der Waals surface area contributed by atoms with E-state index in [1.807, 2.05) is 0 Å². The Kier molecular flexibility index (Phi) is 6.53. The normalized spacial score (nSPS) is 12.7. The molecule has 7 nitrogen and oxygen atoms in total. The van der Waals surface area contributed by atoms with Crippen LogP contribution in [0.4, 0.5) is 0 Å². The molecule has 0 aliphatic heterocycles. The third-order valence-corrected chi connectivity index (χ3v) is 5.05. The third kappa shape index (κ3) is 4.51. The predicted octanol–water partition coefficient (Wildman–Crippen LogP) is 3.68. The van der Waals surface area contributed by atoms with Crippen molar-refractivity contribution in [1.82, 2.24) is 0 Å². The maximum absolute atomic E-state index is 12.5. The number of hydrogen-bond acceptors (Lipinski definition) is 5. The van der Waals surface area contributed by atoms with Crippen LogP contribution in [0.25, 0.3) is 0 Å². The number of ether oxygens (including phenoxy) is 1. The number of carboxylic acids is 2. The average Bonchev–Trinajstić information content (AvgIpc) is 2.66. The molecule has 0 bridgehead atoms. The quantitative estimate of drug-likeness (QED) is 0.563. The molecule has 0 aromatic heterocycles. The smallest absolute Gasteiger partial charge is 0.346 e. The fraction of sp³-hybridized carbons (Fsp3) is 0.273. The predicted molar refractivity (Wildman–Crippen MR) is 104 cm³/mol. The van der Waals surface area contributed by atoms with Crippen molar-refractivity contribution < 1.29 is 34.1 Å². The maximum atomic E-state index is 12.5. The van der Waals surface area contributed by atoms with Gasteiger partial charge in [-0.25, -0.2) is 9.59 Å². The van der Waals surface area contributed by atoms with Gasteiger partial charge >= 0.3 is 23.9 Å². The van der Waals surface area contributed by atoms with E-state index in [0.29, 0.717) is 22.3 Å². The van der Waals surface area contributed by atoms with Gasteiger partial charge in [-0.15, -0.1) is 0 Å². The molecule has 2 aromatic rings. The van der Waals surface area contributed by atoms with Gasteiger partial charge in [-0.1, -0.05) is 24.3 Å². The van der Waals surface area contributed by atoms with E-state index in [9.17, 15) is 29.4 Å². The topological polar surface area (TPSA) is 118 Å². The zero-order valence-electron chi connectivity index (χ0n) is 16.6. The number of benzene rings is 2. The Morgan fingerprint density at radius 1 is 0.724 bits per heavy atom. The van der Waals surface area contributed by atoms with Crippen molar-refractivity contribution in [3.63, 3.8) is 0 Å². The molecule has 2 atom stereocenters. The van der Waals surface area contributed by atoms with Gasteiger partial charge in [0.25, 0.3) is 0 Å². The highest BCUT2D eigenvalue weighted by atomic mass is 16.6. The molecule has 0 amide bonds. The molecule has 0 spiro atoms. The van der Waals surface area contributed by atoms with E-state index < -0.39 is 35.7 Å². The van der Waals surface area contributed by atoms with Crippen LogP contribution in [0.15, 0.2) is 36.4 Å². The van der Waals surface area contributed by atoms with Crippen molar-refractivity contribution in [3.05, 3.63) is 69.8 Å². The van der Waals surface area contributed by atoms with Gasteiger partial charge in [0.15, 0.2) is 0 Å². The molecule has 2 rings (SSSR count). The van der Waals surface area contributed by atoms with Crippen molar-refractivity contribution >= 4 is 23.9 Å². The maximum Gasteiger partial charge on any atom is 0.346 e. The van der Waals surface area contributed by atoms with E-state index in [1.165, 1.54) is 38.1 Å². The van der Waals surface area contributed by atoms with E-state index in [-0.39, 0.29) is 11.1 Å². The number of carboxylic acid groups (broad SMARTS) is 2. The molecule has 0 radical (unpaired) electrons. The summed E-state index contributed by atoms with van der Waals surface area (Å²) in [6.45, 7) is 6.19. The molecular formula is C22H22O7. The SMILES string of the molecule is Cc1c(C(=O)OC(=O)c2cccc(C(C)C(=O)O)c2C)cccc1C(C)C(=O)O. The van der Waals surface area contributed by atoms with Crippen LogP contribution in [0, 0.1) is 13.8 Å². The number of esters is 2. The molecule has 2 aromatic carbocycles. The first-order valence-corrected chi connectivity index (χ1v) is 8.97. The summed E-state index contributed by atoms with van der Waals surface area (Å²) >= 11 is 0. The Morgan fingerprint density at radius 2 is 1.07 bits per heavy atom. The Balaban J connectivity index is 2.32. The first kappa shape index (κ1) is 21.8. The van der Waals surface area contributed by atoms with Gasteiger partial charge in [-0.3, -0.25) is 9.59 Å². The lowest BCUT2D eigenvalue weighted by Gasteiger charge is -2.15. The van der Waals surface area contributed by atoms with E-state index >= 15 is 0 Å². The summed E-state index contributed by atoms with van der Waals surface area (Å²) in [5, 5.41) is 18.4. The molecule has 152 valence electrons. The first-order chi connectivity index (χ1) is 13.6. The van der Waals surface area contributed by atoms with Crippen LogP contribution in [0.2, 0.25) is 0 Å². The summed E-state index contributed by atoms with van der Waals surface area (Å²) in [7, 11) is 0. The third-order valence-electron chi connectivity index (χ3n) is 5.05. The molecule has 0 aliphatic rings. The van der Waals surface area contributed by atoms with E-state index in [0.717, 1.165) is 0 Å². The Bertz CT molecular complexity index is 911. The second-order valence-corrected chi connectivity index (χ2v) is 6.84. The standard InChI is InChI=1S/C22H22O7/c1-11-15(13(3)19(23)24)7-5-9-17(11)21(27)29-22(28)18-10-6-8-16(12(18)2)14(4)20(25)26/h5-10,13-14H,1-4H3,(H,23,24)(H,25,26). The Hall–Kier alpha value is -3.48. The van der Waals surface area contributed by atoms with Gasteiger partial charge in [0.05, 0.1) is 23.0 Å². The van der Waals surface area contributed by atoms with Gasteiger partial charge < -0.3 is 14.9 Å². The zero-order chi connectivity index (χ0) is 21.9. The molecular weight excluding hydrogens is 376 g/mol. The van der Waals surface area contributed by atoms with Gasteiger partial charge in [0.2, 0.25) is 0 Å². The molecule has 0 aliphatic carbocycles. The van der Waals surface area contributed by atoms with Crippen molar-refractivity contribution in [2.24, 2.45) is 0 Å². The Morgan fingerprint density at radius 3 is 1.38 bits per heavy atom. The number of rotatable bonds is 6. The fourth-order valence-electron chi connectivity index (χ4n) is 3.15. The molecule has 2 N–H and O–H groups in total. The molecule has 0 saturated heterocycles. The van der Waals surface area contributed by atoms with E-state index in [1.54, 1.807) is 26.0 Å². The van der Waals surface area contributed by atoms with E-state index in [4.69, 9.17) is 4.74 Å². The van der Waals surface area contributed by atoms with Crippen LogP contribution in [0.1, 0.15) is 68.7 Å². The minimum Gasteiger partial charge on any atom is -0.481 e. The lowest BCUT2D eigenvalue weighted by atomic mass is 9.93. The monoisotopic (exact) mass is 398 g/mol. The van der Waals surface area contributed by atoms with E-state index in [2.05, 4.69) is 0 Å². The van der Waals surface area contributed by atoms with Gasteiger partial charge in [-0.2, -0.15) is 0 Å². The Labute approximate surface area is 167 Å². The summed E-state index contributed by atoms with van der Waals surface area (Å²) < 4.78 is 5.00. The highest BCUT2D eigenvalue weighted by Crippen LogP contribution is 2.25. The molecule has 7 heteroatoms. The van der Waals surface area contributed by atoms with Crippen LogP contribution in [0.5, 0.6) is 0 Å². The van der Waals surface area contributed by atoms with Crippen molar-refractivity contribution in [1.29, 1.82) is 0 Å². The van der Waals surface area contributed by atoms with Gasteiger partial charge in [0, 0.05) is 0 Å². The summed E-state index contributed by atoms with van der Waals surface area (Å²) in [4.78, 5) is 47.6. The average molecular weight is 398 g/mol. The van der Waals surface area contributed by atoms with Crippen molar-refractivity contribution in [3.8, 4) is 0 Å². The summed E-state index contributed by atoms with van der Waals surface area (Å²) in [6.07, 6.45) is 0. The highest BCUT2D eigenvalue weighted by Gasteiger charge is 2.24. The number of carbonyl (C=O) groups is 4. The number of aliphatic carboxylic acids is 2. The largest absolute Gasteiger partial charge is 0.481 e. The first-order valence-electron chi connectivity index (χ1n) is 8.97. The van der Waals surface area contributed by atoms with Crippen LogP contribution in [-0.2, 0) is 14.3 Å². The summed E-state index contributed by atoms with van der Waals surface area (Å²) in [6, 6.07) is 9.19. The number of hydrogen-bond donors (Lipinski definition) is 2. The van der Waals surface area contributed by atoms with Crippen LogP contribution in [0.3, 0.4) is 0 Å². The van der Waals surface area contributed by atoms with Crippen LogP contribution in [-0.4, -0.2) is 34.1 Å². The minimum absolute atomic E-state index is 0.0941. The summed E-state index contributed by atoms with van der Waals surface area (Å²) in [5.74, 6) is -5.51. The van der Waals surface area contributed by atoms with Crippen molar-refractivity contribution in [2.45, 2.75) is 39.5 Å². The van der Waals surface area contributed by atoms with Gasteiger partial charge in [0.1, 0.15) is 0 Å². The lowest BCUT2D eigenvalue weighted by Crippen LogP contribution is -2.18. The highest BCUT2D eigenvalue weighted by molar-refractivity contribution is 6.04. The van der Waals surface area contributed by atoms with Gasteiger partial charge in [-0.05, 0) is 62.1 Å². The molecule has 0 fully saturated rings. The molecule has 2 unspecified atom stereocenters. The lowest BCUT2D eigenvalue weighted by molar-refractivity contribution is -0.139. The van der Waals surface area contributed by atoms with Crippen LogP contribution < -0.4 is 0 Å².